The number of ether oxygens (including phenoxy) is 1. The summed E-state index contributed by atoms with van der Waals surface area (Å²) in [4.78, 5) is 4.47. The Hall–Kier alpha value is -1.31. The van der Waals surface area contributed by atoms with Crippen molar-refractivity contribution in [3.63, 3.8) is 0 Å². The van der Waals surface area contributed by atoms with Gasteiger partial charge in [-0.3, -0.25) is 4.99 Å². The third-order valence-electron chi connectivity index (χ3n) is 3.75. The number of methoxy groups -OCH3 is 1. The Kier molecular flexibility index (Phi) is 10.5. The van der Waals surface area contributed by atoms with Gasteiger partial charge in [-0.2, -0.15) is 0 Å². The molecule has 0 heterocycles. The van der Waals surface area contributed by atoms with Crippen molar-refractivity contribution in [2.45, 2.75) is 71.1 Å². The highest BCUT2D eigenvalue weighted by Crippen LogP contribution is 2.17. The molecule has 0 saturated carbocycles. The first-order chi connectivity index (χ1) is 10.4. The summed E-state index contributed by atoms with van der Waals surface area (Å²) in [6, 6.07) is 7.88. The number of rotatable bonds is 12. The maximum Gasteiger partial charge on any atom is 0.119 e. The van der Waals surface area contributed by atoms with E-state index in [9.17, 15) is 0 Å². The van der Waals surface area contributed by atoms with E-state index in [1.807, 2.05) is 30.5 Å². The summed E-state index contributed by atoms with van der Waals surface area (Å²) in [6.45, 7) is 2.27. The third kappa shape index (κ3) is 9.28. The van der Waals surface area contributed by atoms with Gasteiger partial charge in [-0.15, -0.1) is 0 Å². The fourth-order valence-electron chi connectivity index (χ4n) is 2.38. The highest BCUT2D eigenvalue weighted by molar-refractivity contribution is 5.63. The molecule has 21 heavy (non-hydrogen) atoms. The predicted octanol–water partition coefficient (Wildman–Crippen LogP) is 6.32. The Balaban J connectivity index is 1.97. The van der Waals surface area contributed by atoms with E-state index in [1.54, 1.807) is 7.11 Å². The topological polar surface area (TPSA) is 21.6 Å². The molecule has 2 heteroatoms. The van der Waals surface area contributed by atoms with Crippen LogP contribution in [0.15, 0.2) is 29.3 Å². The quantitative estimate of drug-likeness (QED) is 0.326. The Morgan fingerprint density at radius 1 is 0.857 bits per heavy atom. The Morgan fingerprint density at radius 3 is 2.00 bits per heavy atom. The molecular formula is C19H31NO. The minimum absolute atomic E-state index is 0.882. The van der Waals surface area contributed by atoms with Crippen LogP contribution in [0.1, 0.15) is 71.1 Å². The van der Waals surface area contributed by atoms with Gasteiger partial charge in [0.2, 0.25) is 0 Å². The zero-order chi connectivity index (χ0) is 15.2. The molecule has 0 radical (unpaired) electrons. The second-order valence-corrected chi connectivity index (χ2v) is 5.63. The highest BCUT2D eigenvalue weighted by Gasteiger charge is 1.92. The van der Waals surface area contributed by atoms with E-state index in [4.69, 9.17) is 4.74 Å². The lowest BCUT2D eigenvalue weighted by Gasteiger charge is -2.01. The van der Waals surface area contributed by atoms with Crippen LogP contribution < -0.4 is 4.74 Å². The van der Waals surface area contributed by atoms with E-state index < -0.39 is 0 Å². The van der Waals surface area contributed by atoms with Crippen LogP contribution in [0.2, 0.25) is 0 Å². The molecule has 0 fully saturated rings. The fourth-order valence-corrected chi connectivity index (χ4v) is 2.38. The number of unbranched alkanes of at least 4 members (excludes halogenated alkanes) is 9. The molecule has 1 aromatic rings. The monoisotopic (exact) mass is 289 g/mol. The van der Waals surface area contributed by atoms with Gasteiger partial charge >= 0.3 is 0 Å². The van der Waals surface area contributed by atoms with Crippen LogP contribution in [0.4, 0.5) is 5.69 Å². The van der Waals surface area contributed by atoms with Crippen LogP contribution >= 0.6 is 0 Å². The number of aliphatic imine (C=N–C) groups is 1. The van der Waals surface area contributed by atoms with Gasteiger partial charge in [-0.1, -0.05) is 58.3 Å². The lowest BCUT2D eigenvalue weighted by atomic mass is 10.1. The molecule has 0 aliphatic heterocycles. The zero-order valence-electron chi connectivity index (χ0n) is 13.8. The van der Waals surface area contributed by atoms with Crippen molar-refractivity contribution in [3.8, 4) is 5.75 Å². The Bertz CT molecular complexity index is 370. The SMILES string of the molecule is CCCCCCCCCCCC=Nc1ccc(OC)cc1. The van der Waals surface area contributed by atoms with E-state index in [2.05, 4.69) is 11.9 Å². The maximum absolute atomic E-state index is 5.13. The molecule has 1 aromatic carbocycles. The zero-order valence-corrected chi connectivity index (χ0v) is 13.8. The van der Waals surface area contributed by atoms with Gasteiger partial charge in [0.15, 0.2) is 0 Å². The van der Waals surface area contributed by atoms with Crippen molar-refractivity contribution >= 4 is 11.9 Å². The summed E-state index contributed by atoms with van der Waals surface area (Å²) in [5, 5.41) is 0. The van der Waals surface area contributed by atoms with Crippen molar-refractivity contribution < 1.29 is 4.74 Å². The molecule has 0 N–H and O–H groups in total. The predicted molar refractivity (Wildman–Crippen MR) is 93.0 cm³/mol. The molecule has 1 rings (SSSR count). The number of nitrogens with zero attached hydrogens (tertiary/aromatic N) is 1. The van der Waals surface area contributed by atoms with Crippen molar-refractivity contribution in [3.05, 3.63) is 24.3 Å². The third-order valence-corrected chi connectivity index (χ3v) is 3.75. The van der Waals surface area contributed by atoms with Crippen molar-refractivity contribution in [1.29, 1.82) is 0 Å². The van der Waals surface area contributed by atoms with Gasteiger partial charge in [0.05, 0.1) is 12.8 Å². The number of benzene rings is 1. The number of hydrogen-bond acceptors (Lipinski definition) is 2. The summed E-state index contributed by atoms with van der Waals surface area (Å²) in [5.74, 6) is 0.882. The molecule has 0 aliphatic rings. The largest absolute Gasteiger partial charge is 0.497 e. The molecule has 2 nitrogen and oxygen atoms in total. The normalized spacial score (nSPS) is 11.1. The molecule has 0 spiro atoms. The highest BCUT2D eigenvalue weighted by atomic mass is 16.5. The molecule has 0 saturated heterocycles. The molecule has 0 amide bonds. The molecule has 0 atom stereocenters. The van der Waals surface area contributed by atoms with E-state index in [1.165, 1.54) is 57.8 Å². The number of hydrogen-bond donors (Lipinski definition) is 0. The van der Waals surface area contributed by atoms with Crippen LogP contribution in [0, 0.1) is 0 Å². The van der Waals surface area contributed by atoms with Crippen LogP contribution in [0.25, 0.3) is 0 Å². The first-order valence-corrected chi connectivity index (χ1v) is 8.53. The standard InChI is InChI=1S/C19H31NO/c1-3-4-5-6-7-8-9-10-11-12-17-20-18-13-15-19(21-2)16-14-18/h13-17H,3-12H2,1-2H3. The molecule has 0 aromatic heterocycles. The van der Waals surface area contributed by atoms with Gasteiger partial charge in [-0.05, 0) is 37.1 Å². The van der Waals surface area contributed by atoms with E-state index in [0.29, 0.717) is 0 Å². The summed E-state index contributed by atoms with van der Waals surface area (Å²) in [7, 11) is 1.68. The van der Waals surface area contributed by atoms with E-state index in [0.717, 1.165) is 17.9 Å². The van der Waals surface area contributed by atoms with Gasteiger partial charge in [0, 0.05) is 6.21 Å². The van der Waals surface area contributed by atoms with Crippen LogP contribution in [-0.2, 0) is 0 Å². The molecule has 0 unspecified atom stereocenters. The lowest BCUT2D eigenvalue weighted by molar-refractivity contribution is 0.415. The van der Waals surface area contributed by atoms with Crippen LogP contribution in [0.3, 0.4) is 0 Å². The minimum atomic E-state index is 0.882. The molecule has 0 aliphatic carbocycles. The smallest absolute Gasteiger partial charge is 0.119 e. The molecular weight excluding hydrogens is 258 g/mol. The Morgan fingerprint density at radius 2 is 1.43 bits per heavy atom. The summed E-state index contributed by atoms with van der Waals surface area (Å²) in [6.07, 6.45) is 15.5. The average Bonchev–Trinajstić information content (AvgIpc) is 2.53. The molecule has 118 valence electrons. The first-order valence-electron chi connectivity index (χ1n) is 8.53. The van der Waals surface area contributed by atoms with Gasteiger partial charge in [-0.25, -0.2) is 0 Å². The second kappa shape index (κ2) is 12.4. The molecule has 0 bridgehead atoms. The van der Waals surface area contributed by atoms with Crippen LogP contribution in [0.5, 0.6) is 5.75 Å². The van der Waals surface area contributed by atoms with Gasteiger partial charge in [0.1, 0.15) is 5.75 Å². The van der Waals surface area contributed by atoms with E-state index >= 15 is 0 Å². The van der Waals surface area contributed by atoms with Crippen molar-refractivity contribution in [2.24, 2.45) is 4.99 Å². The maximum atomic E-state index is 5.13. The first kappa shape index (κ1) is 17.7. The minimum Gasteiger partial charge on any atom is -0.497 e. The van der Waals surface area contributed by atoms with Crippen molar-refractivity contribution in [2.75, 3.05) is 7.11 Å². The summed E-state index contributed by atoms with van der Waals surface area (Å²) >= 11 is 0. The average molecular weight is 289 g/mol. The summed E-state index contributed by atoms with van der Waals surface area (Å²) in [5.41, 5.74) is 1.01. The van der Waals surface area contributed by atoms with Gasteiger partial charge < -0.3 is 4.74 Å². The van der Waals surface area contributed by atoms with Crippen LogP contribution in [-0.4, -0.2) is 13.3 Å². The van der Waals surface area contributed by atoms with Gasteiger partial charge in [0.25, 0.3) is 0 Å². The van der Waals surface area contributed by atoms with Crippen molar-refractivity contribution in [1.82, 2.24) is 0 Å². The fraction of sp³-hybridized carbons (Fsp3) is 0.632. The summed E-state index contributed by atoms with van der Waals surface area (Å²) < 4.78 is 5.13. The Labute approximate surface area is 130 Å². The lowest BCUT2D eigenvalue weighted by Crippen LogP contribution is -1.82. The van der Waals surface area contributed by atoms with E-state index in [-0.39, 0.29) is 0 Å². The second-order valence-electron chi connectivity index (χ2n) is 5.63.